The molecule has 0 aromatic rings. The molecule has 50 valence electrons. The van der Waals surface area contributed by atoms with Gasteiger partial charge in [0.1, 0.15) is 0 Å². The third-order valence-corrected chi connectivity index (χ3v) is 0.849. The Bertz CT molecular complexity index is 47.7. The van der Waals surface area contributed by atoms with E-state index in [1.165, 1.54) is 0 Å². The molecule has 0 amide bonds. The second-order valence-electron chi connectivity index (χ2n) is 1.64. The van der Waals surface area contributed by atoms with Gasteiger partial charge in [0.15, 0.2) is 0 Å². The van der Waals surface area contributed by atoms with Gasteiger partial charge in [-0.15, -0.1) is 0 Å². The van der Waals surface area contributed by atoms with E-state index in [-0.39, 0.29) is 6.42 Å². The number of alkyl halides is 2. The highest BCUT2D eigenvalue weighted by Gasteiger charge is 1.98. The molecule has 0 aromatic carbocycles. The minimum Gasteiger partial charge on any atom is -0.320 e. The summed E-state index contributed by atoms with van der Waals surface area (Å²) >= 11 is 0. The Morgan fingerprint density at radius 1 is 1.50 bits per heavy atom. The molecule has 0 saturated heterocycles. The van der Waals surface area contributed by atoms with Gasteiger partial charge in [-0.1, -0.05) is 0 Å². The van der Waals surface area contributed by atoms with Crippen molar-refractivity contribution < 1.29 is 8.78 Å². The largest absolute Gasteiger partial charge is 0.320 e. The molecular weight excluding hydrogens is 112 g/mol. The maximum Gasteiger partial charge on any atom is 0.238 e. The molecule has 0 spiro atoms. The van der Waals surface area contributed by atoms with Crippen molar-refractivity contribution in [2.24, 2.45) is 0 Å². The molecule has 0 heterocycles. The molecule has 0 rings (SSSR count). The van der Waals surface area contributed by atoms with E-state index >= 15 is 0 Å². The molecule has 0 aliphatic heterocycles. The predicted octanol–water partition coefficient (Wildman–Crippen LogP) is 1.25. The van der Waals surface area contributed by atoms with E-state index in [1.54, 1.807) is 7.05 Å². The van der Waals surface area contributed by atoms with E-state index in [1.807, 2.05) is 0 Å². The first-order chi connectivity index (χ1) is 3.77. The molecule has 0 aliphatic rings. The summed E-state index contributed by atoms with van der Waals surface area (Å²) in [6.07, 6.45) is -1.56. The highest BCUT2D eigenvalue weighted by molar-refractivity contribution is 4.43. The lowest BCUT2D eigenvalue weighted by atomic mass is 10.3. The zero-order chi connectivity index (χ0) is 6.41. The van der Waals surface area contributed by atoms with Gasteiger partial charge in [0, 0.05) is 6.42 Å². The van der Waals surface area contributed by atoms with Gasteiger partial charge in [-0.05, 0) is 20.0 Å². The Morgan fingerprint density at radius 2 is 2.12 bits per heavy atom. The maximum absolute atomic E-state index is 11.3. The van der Waals surface area contributed by atoms with Gasteiger partial charge in [-0.2, -0.15) is 0 Å². The van der Waals surface area contributed by atoms with Crippen molar-refractivity contribution in [3.05, 3.63) is 0 Å². The van der Waals surface area contributed by atoms with Crippen LogP contribution in [0.15, 0.2) is 0 Å². The molecular formula is C5H11F2N. The molecule has 0 saturated carbocycles. The summed E-state index contributed by atoms with van der Waals surface area (Å²) < 4.78 is 22.7. The molecule has 0 unspecified atom stereocenters. The fourth-order valence-corrected chi connectivity index (χ4v) is 0.433. The van der Waals surface area contributed by atoms with Gasteiger partial charge in [-0.3, -0.25) is 0 Å². The van der Waals surface area contributed by atoms with Crippen LogP contribution in [0.3, 0.4) is 0 Å². The third-order valence-electron chi connectivity index (χ3n) is 0.849. The minimum absolute atomic E-state index is 0.0147. The van der Waals surface area contributed by atoms with E-state index in [2.05, 4.69) is 5.32 Å². The SMILES string of the molecule is CNCCCC(F)F. The zero-order valence-electron chi connectivity index (χ0n) is 4.95. The van der Waals surface area contributed by atoms with Gasteiger partial charge in [0.25, 0.3) is 0 Å². The lowest BCUT2D eigenvalue weighted by Crippen LogP contribution is -2.08. The fourth-order valence-electron chi connectivity index (χ4n) is 0.433. The molecule has 0 aliphatic carbocycles. The molecule has 3 heteroatoms. The monoisotopic (exact) mass is 123 g/mol. The maximum atomic E-state index is 11.3. The van der Waals surface area contributed by atoms with Crippen molar-refractivity contribution in [3.8, 4) is 0 Å². The van der Waals surface area contributed by atoms with Gasteiger partial charge < -0.3 is 5.32 Å². The van der Waals surface area contributed by atoms with Gasteiger partial charge >= 0.3 is 0 Å². The topological polar surface area (TPSA) is 12.0 Å². The quantitative estimate of drug-likeness (QED) is 0.555. The molecule has 0 bridgehead atoms. The predicted molar refractivity (Wildman–Crippen MR) is 29.2 cm³/mol. The van der Waals surface area contributed by atoms with Crippen molar-refractivity contribution >= 4 is 0 Å². The summed E-state index contributed by atoms with van der Waals surface area (Å²) in [5, 5.41) is 2.79. The fraction of sp³-hybridized carbons (Fsp3) is 1.00. The summed E-state index contributed by atoms with van der Waals surface area (Å²) in [6.45, 7) is 0.685. The molecule has 0 radical (unpaired) electrons. The first-order valence-electron chi connectivity index (χ1n) is 2.70. The lowest BCUT2D eigenvalue weighted by Gasteiger charge is -1.96. The Balaban J connectivity index is 2.72. The average molecular weight is 123 g/mol. The smallest absolute Gasteiger partial charge is 0.238 e. The first-order valence-corrected chi connectivity index (χ1v) is 2.70. The van der Waals surface area contributed by atoms with Crippen LogP contribution in [-0.2, 0) is 0 Å². The third kappa shape index (κ3) is 5.82. The number of nitrogens with one attached hydrogen (secondary N) is 1. The van der Waals surface area contributed by atoms with E-state index < -0.39 is 6.43 Å². The molecule has 0 atom stereocenters. The standard InChI is InChI=1S/C5H11F2N/c1-8-4-2-3-5(6)7/h5,8H,2-4H2,1H3. The van der Waals surface area contributed by atoms with E-state index in [0.29, 0.717) is 13.0 Å². The van der Waals surface area contributed by atoms with Crippen LogP contribution >= 0.6 is 0 Å². The summed E-state index contributed by atoms with van der Waals surface area (Å²) in [5.74, 6) is 0. The second kappa shape index (κ2) is 4.97. The van der Waals surface area contributed by atoms with Gasteiger partial charge in [0.05, 0.1) is 0 Å². The number of hydrogen-bond acceptors (Lipinski definition) is 1. The lowest BCUT2D eigenvalue weighted by molar-refractivity contribution is 0.135. The molecule has 0 aromatic heterocycles. The molecule has 1 N–H and O–H groups in total. The summed E-state index contributed by atoms with van der Waals surface area (Å²) in [5.41, 5.74) is 0. The van der Waals surface area contributed by atoms with Gasteiger partial charge in [-0.25, -0.2) is 8.78 Å². The van der Waals surface area contributed by atoms with E-state index in [4.69, 9.17) is 0 Å². The summed E-state index contributed by atoms with van der Waals surface area (Å²) in [7, 11) is 1.76. The summed E-state index contributed by atoms with van der Waals surface area (Å²) in [6, 6.07) is 0. The normalized spacial score (nSPS) is 10.5. The Hall–Kier alpha value is -0.180. The Morgan fingerprint density at radius 3 is 2.50 bits per heavy atom. The Labute approximate surface area is 48.1 Å². The van der Waals surface area contributed by atoms with Crippen molar-refractivity contribution in [2.45, 2.75) is 19.3 Å². The Kier molecular flexibility index (Phi) is 4.85. The van der Waals surface area contributed by atoms with Crippen LogP contribution in [0.25, 0.3) is 0 Å². The number of rotatable bonds is 4. The van der Waals surface area contributed by atoms with Gasteiger partial charge in [0.2, 0.25) is 6.43 Å². The van der Waals surface area contributed by atoms with Crippen LogP contribution in [0, 0.1) is 0 Å². The molecule has 8 heavy (non-hydrogen) atoms. The van der Waals surface area contributed by atoms with Crippen LogP contribution in [-0.4, -0.2) is 20.0 Å². The van der Waals surface area contributed by atoms with Crippen molar-refractivity contribution in [2.75, 3.05) is 13.6 Å². The van der Waals surface area contributed by atoms with Crippen molar-refractivity contribution in [1.82, 2.24) is 5.32 Å². The van der Waals surface area contributed by atoms with Crippen molar-refractivity contribution in [3.63, 3.8) is 0 Å². The van der Waals surface area contributed by atoms with Crippen LogP contribution in [0.4, 0.5) is 8.78 Å². The van der Waals surface area contributed by atoms with Crippen LogP contribution in [0.5, 0.6) is 0 Å². The second-order valence-corrected chi connectivity index (χ2v) is 1.64. The summed E-state index contributed by atoms with van der Waals surface area (Å²) in [4.78, 5) is 0. The molecule has 0 fully saturated rings. The first kappa shape index (κ1) is 7.82. The zero-order valence-corrected chi connectivity index (χ0v) is 4.95. The van der Waals surface area contributed by atoms with Crippen LogP contribution in [0.1, 0.15) is 12.8 Å². The highest BCUT2D eigenvalue weighted by Crippen LogP contribution is 2.00. The van der Waals surface area contributed by atoms with E-state index in [0.717, 1.165) is 0 Å². The van der Waals surface area contributed by atoms with Crippen LogP contribution < -0.4 is 5.32 Å². The van der Waals surface area contributed by atoms with E-state index in [9.17, 15) is 8.78 Å². The molecule has 1 nitrogen and oxygen atoms in total. The number of halogens is 2. The average Bonchev–Trinajstić information content (AvgIpc) is 1.66. The minimum atomic E-state index is -2.14. The number of hydrogen-bond donors (Lipinski definition) is 1. The van der Waals surface area contributed by atoms with Crippen LogP contribution in [0.2, 0.25) is 0 Å². The van der Waals surface area contributed by atoms with Crippen molar-refractivity contribution in [1.29, 1.82) is 0 Å². The highest BCUT2D eigenvalue weighted by atomic mass is 19.3.